The average molecular weight is 474 g/mol. The molecule has 0 amide bonds. The smallest absolute Gasteiger partial charge is 0.330 e. The summed E-state index contributed by atoms with van der Waals surface area (Å²) in [6.07, 6.45) is 0.00146. The van der Waals surface area contributed by atoms with Gasteiger partial charge in [0.25, 0.3) is 0 Å². The largest absolute Gasteiger partial charge is 0.481 e. The van der Waals surface area contributed by atoms with Gasteiger partial charge >= 0.3 is 23.9 Å². The lowest BCUT2D eigenvalue weighted by atomic mass is 10.1. The van der Waals surface area contributed by atoms with Gasteiger partial charge in [-0.05, 0) is 38.3 Å². The van der Waals surface area contributed by atoms with Crippen molar-refractivity contribution in [3.63, 3.8) is 0 Å². The second-order valence-electron chi connectivity index (χ2n) is 6.89. The number of aliphatic hydroxyl groups is 2. The highest BCUT2D eigenvalue weighted by atomic mass is 16.6. The molecule has 0 saturated heterocycles. The van der Waals surface area contributed by atoms with E-state index >= 15 is 0 Å². The van der Waals surface area contributed by atoms with Gasteiger partial charge in [-0.15, -0.1) is 0 Å². The third kappa shape index (κ3) is 20.7. The van der Waals surface area contributed by atoms with Crippen LogP contribution in [-0.4, -0.2) is 75.6 Å². The fourth-order valence-corrected chi connectivity index (χ4v) is 1.86. The molecule has 0 saturated carbocycles. The number of aliphatic carboxylic acids is 2. The van der Waals surface area contributed by atoms with E-state index in [1.807, 2.05) is 30.3 Å². The van der Waals surface area contributed by atoms with E-state index in [2.05, 4.69) is 4.74 Å². The standard InChI is InChI=1S/C9H16N2O5.C9H11NO2.C3H8O2/c10-5-1-2-6(11)9(15)16-8(14)4-3-7(12)13;10-8(9(11)12)6-7-4-2-1-3-5-7;1-3(5)2-4/h6H,1-5,10-11H2,(H,12,13);1-5,8H,6,10H2,(H,11,12);3-5H,2H2,1H3/t6-;8-;/m00./s1. The summed E-state index contributed by atoms with van der Waals surface area (Å²) in [7, 11) is 0. The second kappa shape index (κ2) is 19.8. The molecule has 3 atom stereocenters. The fraction of sp³-hybridized carbons (Fsp3) is 0.524. The number of carbonyl (C=O) groups excluding carboxylic acids is 2. The minimum Gasteiger partial charge on any atom is -0.481 e. The van der Waals surface area contributed by atoms with E-state index in [1.54, 1.807) is 0 Å². The number of esters is 2. The van der Waals surface area contributed by atoms with Crippen molar-refractivity contribution in [3.8, 4) is 0 Å². The Balaban J connectivity index is 0. The molecular formula is C21H35N3O9. The van der Waals surface area contributed by atoms with Crippen LogP contribution in [0.1, 0.15) is 38.2 Å². The normalized spacial score (nSPS) is 12.5. The fourth-order valence-electron chi connectivity index (χ4n) is 1.86. The van der Waals surface area contributed by atoms with Crippen molar-refractivity contribution in [3.05, 3.63) is 35.9 Å². The Kier molecular flexibility index (Phi) is 19.3. The van der Waals surface area contributed by atoms with E-state index in [0.29, 0.717) is 25.8 Å². The van der Waals surface area contributed by atoms with Gasteiger partial charge in [-0.1, -0.05) is 30.3 Å². The van der Waals surface area contributed by atoms with Crippen molar-refractivity contribution in [2.24, 2.45) is 17.2 Å². The maximum atomic E-state index is 11.1. The number of aliphatic hydroxyl groups excluding tert-OH is 2. The van der Waals surface area contributed by atoms with E-state index in [4.69, 9.17) is 37.6 Å². The lowest BCUT2D eigenvalue weighted by molar-refractivity contribution is -0.162. The van der Waals surface area contributed by atoms with Crippen LogP contribution in [0, 0.1) is 0 Å². The second-order valence-corrected chi connectivity index (χ2v) is 6.89. The van der Waals surface area contributed by atoms with Crippen molar-refractivity contribution >= 4 is 23.9 Å². The molecule has 0 bridgehead atoms. The summed E-state index contributed by atoms with van der Waals surface area (Å²) in [6, 6.07) is 7.65. The highest BCUT2D eigenvalue weighted by molar-refractivity contribution is 5.89. The Morgan fingerprint density at radius 3 is 1.97 bits per heavy atom. The van der Waals surface area contributed by atoms with Gasteiger partial charge in [-0.2, -0.15) is 0 Å². The van der Waals surface area contributed by atoms with Gasteiger partial charge in [0, 0.05) is 0 Å². The van der Waals surface area contributed by atoms with Gasteiger partial charge < -0.3 is 42.4 Å². The van der Waals surface area contributed by atoms with Crippen LogP contribution < -0.4 is 17.2 Å². The van der Waals surface area contributed by atoms with Crippen molar-refractivity contribution in [1.29, 1.82) is 0 Å². The van der Waals surface area contributed by atoms with Crippen LogP contribution in [-0.2, 0) is 30.3 Å². The number of benzene rings is 1. The highest BCUT2D eigenvalue weighted by Gasteiger charge is 2.18. The molecule has 1 aromatic carbocycles. The van der Waals surface area contributed by atoms with Crippen molar-refractivity contribution in [2.75, 3.05) is 13.2 Å². The van der Waals surface area contributed by atoms with Crippen LogP contribution in [0.3, 0.4) is 0 Å². The van der Waals surface area contributed by atoms with Crippen LogP contribution in [0.4, 0.5) is 0 Å². The molecule has 33 heavy (non-hydrogen) atoms. The Labute approximate surface area is 192 Å². The van der Waals surface area contributed by atoms with Gasteiger partial charge in [0.05, 0.1) is 25.6 Å². The molecule has 0 aliphatic heterocycles. The molecule has 12 heteroatoms. The van der Waals surface area contributed by atoms with E-state index in [0.717, 1.165) is 5.56 Å². The molecule has 1 rings (SSSR count). The number of carbonyl (C=O) groups is 4. The van der Waals surface area contributed by atoms with Crippen molar-refractivity contribution < 1.29 is 44.3 Å². The first kappa shape index (κ1) is 32.3. The highest BCUT2D eigenvalue weighted by Crippen LogP contribution is 2.01. The quantitative estimate of drug-likeness (QED) is 0.151. The summed E-state index contributed by atoms with van der Waals surface area (Å²) in [4.78, 5) is 42.6. The molecule has 0 spiro atoms. The van der Waals surface area contributed by atoms with Gasteiger partial charge in [0.15, 0.2) is 0 Å². The Morgan fingerprint density at radius 1 is 1.00 bits per heavy atom. The van der Waals surface area contributed by atoms with Gasteiger partial charge in [-0.25, -0.2) is 4.79 Å². The van der Waals surface area contributed by atoms with Crippen molar-refractivity contribution in [1.82, 2.24) is 0 Å². The lowest BCUT2D eigenvalue weighted by Gasteiger charge is -2.08. The molecule has 1 aromatic rings. The number of carboxylic acid groups (broad SMARTS) is 2. The van der Waals surface area contributed by atoms with Crippen molar-refractivity contribution in [2.45, 2.75) is 57.2 Å². The molecule has 0 radical (unpaired) electrons. The molecule has 10 N–H and O–H groups in total. The zero-order valence-electron chi connectivity index (χ0n) is 18.6. The van der Waals surface area contributed by atoms with Gasteiger partial charge in [-0.3, -0.25) is 14.4 Å². The summed E-state index contributed by atoms with van der Waals surface area (Å²) in [6.45, 7) is 1.79. The third-order valence-corrected chi connectivity index (χ3v) is 3.66. The molecule has 1 unspecified atom stereocenters. The van der Waals surface area contributed by atoms with Gasteiger partial charge in [0.1, 0.15) is 12.1 Å². The Morgan fingerprint density at radius 2 is 1.55 bits per heavy atom. The summed E-state index contributed by atoms with van der Waals surface area (Å²) in [5, 5.41) is 32.8. The first-order valence-corrected chi connectivity index (χ1v) is 10.2. The van der Waals surface area contributed by atoms with E-state index in [1.165, 1.54) is 6.92 Å². The predicted molar refractivity (Wildman–Crippen MR) is 119 cm³/mol. The van der Waals surface area contributed by atoms with Gasteiger partial charge in [0.2, 0.25) is 0 Å². The average Bonchev–Trinajstić information content (AvgIpc) is 2.77. The first-order valence-electron chi connectivity index (χ1n) is 10.2. The summed E-state index contributed by atoms with van der Waals surface area (Å²) in [5.74, 6) is -3.81. The third-order valence-electron chi connectivity index (χ3n) is 3.66. The maximum absolute atomic E-state index is 11.1. The lowest BCUT2D eigenvalue weighted by Crippen LogP contribution is -2.34. The van der Waals surface area contributed by atoms with Crippen LogP contribution in [0.25, 0.3) is 0 Å². The molecule has 12 nitrogen and oxygen atoms in total. The minimum atomic E-state index is -1.13. The zero-order valence-corrected chi connectivity index (χ0v) is 18.6. The van der Waals surface area contributed by atoms with E-state index in [9.17, 15) is 19.2 Å². The maximum Gasteiger partial charge on any atom is 0.330 e. The minimum absolute atomic E-state index is 0.139. The van der Waals surface area contributed by atoms with E-state index in [-0.39, 0.29) is 19.4 Å². The number of rotatable bonds is 11. The number of ether oxygens (including phenoxy) is 1. The van der Waals surface area contributed by atoms with Crippen LogP contribution in [0.5, 0.6) is 0 Å². The zero-order chi connectivity index (χ0) is 25.8. The molecular weight excluding hydrogens is 438 g/mol. The number of hydrogen-bond donors (Lipinski definition) is 7. The molecule has 0 fully saturated rings. The molecule has 0 aliphatic carbocycles. The topological polar surface area (TPSA) is 236 Å². The summed E-state index contributed by atoms with van der Waals surface area (Å²) in [5.41, 5.74) is 16.9. The number of carboxylic acids is 2. The van der Waals surface area contributed by atoms with Crippen LogP contribution in [0.15, 0.2) is 30.3 Å². The molecule has 0 aliphatic rings. The Hall–Kier alpha value is -2.90. The Bertz CT molecular complexity index is 699. The molecule has 188 valence electrons. The summed E-state index contributed by atoms with van der Waals surface area (Å²) >= 11 is 0. The number of hydrogen-bond acceptors (Lipinski definition) is 10. The van der Waals surface area contributed by atoms with Crippen LogP contribution >= 0.6 is 0 Å². The number of nitrogens with two attached hydrogens (primary N) is 3. The monoisotopic (exact) mass is 473 g/mol. The molecule has 0 heterocycles. The molecule has 0 aromatic heterocycles. The first-order chi connectivity index (χ1) is 15.4. The SMILES string of the molecule is CC(O)CO.NCCC[C@H](N)C(=O)OC(=O)CCC(=O)O.N[C@@H](Cc1ccccc1)C(=O)O. The predicted octanol–water partition coefficient (Wildman–Crippen LogP) is -1.01. The van der Waals surface area contributed by atoms with Crippen LogP contribution in [0.2, 0.25) is 0 Å². The van der Waals surface area contributed by atoms with E-state index < -0.39 is 42.1 Å². The summed E-state index contributed by atoms with van der Waals surface area (Å²) < 4.78 is 4.35.